The highest BCUT2D eigenvalue weighted by atomic mass is 32.2. The highest BCUT2D eigenvalue weighted by molar-refractivity contribution is 7.90. The second kappa shape index (κ2) is 7.50. The van der Waals surface area contributed by atoms with Crippen LogP contribution >= 0.6 is 0 Å². The minimum absolute atomic E-state index is 0.00392. The van der Waals surface area contributed by atoms with E-state index in [0.29, 0.717) is 19.2 Å². The van der Waals surface area contributed by atoms with Gasteiger partial charge in [-0.3, -0.25) is 10.1 Å². The topological polar surface area (TPSA) is 103 Å². The van der Waals surface area contributed by atoms with Crippen LogP contribution in [0.25, 0.3) is 0 Å². The van der Waals surface area contributed by atoms with Crippen molar-refractivity contribution in [3.05, 3.63) is 52.2 Å². The van der Waals surface area contributed by atoms with E-state index in [-0.39, 0.29) is 23.0 Å². The number of hydrogen-bond donors (Lipinski definition) is 0. The number of alkyl halides is 3. The highest BCUT2D eigenvalue weighted by Gasteiger charge is 2.34. The number of sulfone groups is 1. The lowest BCUT2D eigenvalue weighted by molar-refractivity contribution is -0.387. The number of hydrogen-bond acceptors (Lipinski definition) is 7. The Hall–Kier alpha value is -2.89. The summed E-state index contributed by atoms with van der Waals surface area (Å²) in [6, 6.07) is 6.01. The smallest absolute Gasteiger partial charge is 0.417 e. The molecular weight excluding hydrogens is 415 g/mol. The van der Waals surface area contributed by atoms with Gasteiger partial charge in [-0.25, -0.2) is 13.4 Å². The molecule has 0 N–H and O–H groups in total. The van der Waals surface area contributed by atoms with E-state index in [4.69, 9.17) is 4.74 Å². The Bertz CT molecular complexity index is 1030. The van der Waals surface area contributed by atoms with Crippen LogP contribution in [0.15, 0.2) is 41.4 Å². The van der Waals surface area contributed by atoms with E-state index in [1.165, 1.54) is 18.2 Å². The molecule has 1 atom stereocenters. The fraction of sp³-hybridized carbons (Fsp3) is 0.353. The standard InChI is InChI=1S/C17H16F3N3O5S/c1-29(26,27)14-4-2-3-13(16(14)23(24)25)22-8-7-12(10-22)28-15-6-5-11(9-21-15)17(18,19)20/h2-6,9,12H,7-8,10H2,1H3. The van der Waals surface area contributed by atoms with E-state index in [2.05, 4.69) is 4.98 Å². The monoisotopic (exact) mass is 431 g/mol. The molecule has 8 nitrogen and oxygen atoms in total. The fourth-order valence-electron chi connectivity index (χ4n) is 3.08. The van der Waals surface area contributed by atoms with Gasteiger partial charge in [-0.05, 0) is 18.2 Å². The van der Waals surface area contributed by atoms with Crippen molar-refractivity contribution < 1.29 is 31.2 Å². The van der Waals surface area contributed by atoms with Crippen LogP contribution in [0, 0.1) is 10.1 Å². The number of pyridine rings is 1. The molecule has 29 heavy (non-hydrogen) atoms. The van der Waals surface area contributed by atoms with Crippen LogP contribution in [0.3, 0.4) is 0 Å². The third-order valence-corrected chi connectivity index (χ3v) is 5.52. The molecule has 1 aliphatic heterocycles. The van der Waals surface area contributed by atoms with Gasteiger partial charge in [0.1, 0.15) is 16.7 Å². The quantitative estimate of drug-likeness (QED) is 0.529. The van der Waals surface area contributed by atoms with Gasteiger partial charge in [0.25, 0.3) is 0 Å². The number of rotatable bonds is 5. The van der Waals surface area contributed by atoms with Crippen molar-refractivity contribution >= 4 is 21.2 Å². The van der Waals surface area contributed by atoms with Crippen molar-refractivity contribution in [1.29, 1.82) is 0 Å². The number of ether oxygens (including phenoxy) is 1. The van der Waals surface area contributed by atoms with Gasteiger partial charge in [-0.1, -0.05) is 6.07 Å². The lowest BCUT2D eigenvalue weighted by Crippen LogP contribution is -2.25. The van der Waals surface area contributed by atoms with Gasteiger partial charge in [-0.2, -0.15) is 13.2 Å². The largest absolute Gasteiger partial charge is 0.472 e. The van der Waals surface area contributed by atoms with E-state index >= 15 is 0 Å². The van der Waals surface area contributed by atoms with Crippen LogP contribution in [0.1, 0.15) is 12.0 Å². The molecule has 1 aliphatic rings. The third kappa shape index (κ3) is 4.58. The van der Waals surface area contributed by atoms with E-state index in [0.717, 1.165) is 18.4 Å². The molecule has 156 valence electrons. The molecule has 3 rings (SSSR count). The first-order chi connectivity index (χ1) is 13.5. The van der Waals surface area contributed by atoms with Gasteiger partial charge in [0, 0.05) is 31.5 Å². The molecule has 2 heterocycles. The summed E-state index contributed by atoms with van der Waals surface area (Å²) < 4.78 is 67.2. The van der Waals surface area contributed by atoms with Gasteiger partial charge in [-0.15, -0.1) is 0 Å². The predicted octanol–water partition coefficient (Wildman–Crippen LogP) is 3.07. The van der Waals surface area contributed by atoms with Crippen molar-refractivity contribution in [3.8, 4) is 5.88 Å². The average molecular weight is 431 g/mol. The predicted molar refractivity (Wildman–Crippen MR) is 96.7 cm³/mol. The molecule has 1 saturated heterocycles. The maximum Gasteiger partial charge on any atom is 0.417 e. The van der Waals surface area contributed by atoms with Gasteiger partial charge in [0.05, 0.1) is 17.0 Å². The fourth-order valence-corrected chi connectivity index (χ4v) is 3.94. The molecule has 1 aromatic heterocycles. The zero-order valence-electron chi connectivity index (χ0n) is 15.1. The van der Waals surface area contributed by atoms with E-state index in [9.17, 15) is 31.7 Å². The molecule has 0 radical (unpaired) electrons. The molecule has 0 amide bonds. The van der Waals surface area contributed by atoms with Crippen molar-refractivity contribution in [1.82, 2.24) is 4.98 Å². The summed E-state index contributed by atoms with van der Waals surface area (Å²) in [4.78, 5) is 15.7. The first-order valence-corrected chi connectivity index (χ1v) is 10.3. The summed E-state index contributed by atoms with van der Waals surface area (Å²) in [5.41, 5.74) is -1.26. The number of nitro benzene ring substituents is 1. The molecule has 0 saturated carbocycles. The van der Waals surface area contributed by atoms with Crippen LogP contribution in [-0.4, -0.2) is 43.8 Å². The lowest BCUT2D eigenvalue weighted by atomic mass is 10.2. The number of nitrogens with zero attached hydrogens (tertiary/aromatic N) is 3. The van der Waals surface area contributed by atoms with Crippen LogP contribution in [0.2, 0.25) is 0 Å². The average Bonchev–Trinajstić information content (AvgIpc) is 3.08. The SMILES string of the molecule is CS(=O)(=O)c1cccc(N2CCC(Oc3ccc(C(F)(F)F)cn3)C2)c1[N+](=O)[O-]. The van der Waals surface area contributed by atoms with Crippen LogP contribution in [-0.2, 0) is 16.0 Å². The summed E-state index contributed by atoms with van der Waals surface area (Å²) in [5.74, 6) is 0.00392. The lowest BCUT2D eigenvalue weighted by Gasteiger charge is -2.19. The Morgan fingerprint density at radius 2 is 2.00 bits per heavy atom. The van der Waals surface area contributed by atoms with Gasteiger partial charge >= 0.3 is 11.9 Å². The van der Waals surface area contributed by atoms with Crippen LogP contribution in [0.5, 0.6) is 5.88 Å². The Kier molecular flexibility index (Phi) is 5.39. The Morgan fingerprint density at radius 1 is 1.28 bits per heavy atom. The van der Waals surface area contributed by atoms with Crippen molar-refractivity contribution in [2.24, 2.45) is 0 Å². The number of aromatic nitrogens is 1. The minimum Gasteiger partial charge on any atom is -0.472 e. The molecule has 12 heteroatoms. The summed E-state index contributed by atoms with van der Waals surface area (Å²) in [7, 11) is -3.81. The van der Waals surface area contributed by atoms with Crippen LogP contribution in [0.4, 0.5) is 24.5 Å². The molecule has 1 aromatic carbocycles. The zero-order valence-corrected chi connectivity index (χ0v) is 15.9. The molecule has 0 bridgehead atoms. The number of nitro groups is 1. The second-order valence-electron chi connectivity index (χ2n) is 6.51. The van der Waals surface area contributed by atoms with Gasteiger partial charge < -0.3 is 9.64 Å². The normalized spacial score (nSPS) is 17.4. The Balaban J connectivity index is 1.79. The minimum atomic E-state index is -4.50. The summed E-state index contributed by atoms with van der Waals surface area (Å²) >= 11 is 0. The molecular formula is C17H16F3N3O5S. The number of anilines is 1. The molecule has 1 unspecified atom stereocenters. The summed E-state index contributed by atoms with van der Waals surface area (Å²) in [6.45, 7) is 0.538. The van der Waals surface area contributed by atoms with Crippen LogP contribution < -0.4 is 9.64 Å². The van der Waals surface area contributed by atoms with E-state index in [1.807, 2.05) is 0 Å². The first kappa shape index (κ1) is 20.8. The Labute approximate surface area is 164 Å². The van der Waals surface area contributed by atoms with E-state index in [1.54, 1.807) is 4.90 Å². The summed E-state index contributed by atoms with van der Waals surface area (Å²) in [6.07, 6.45) is -2.98. The maximum atomic E-state index is 12.6. The molecule has 2 aromatic rings. The molecule has 1 fully saturated rings. The van der Waals surface area contributed by atoms with Crippen molar-refractivity contribution in [3.63, 3.8) is 0 Å². The van der Waals surface area contributed by atoms with Crippen molar-refractivity contribution in [2.75, 3.05) is 24.2 Å². The van der Waals surface area contributed by atoms with Gasteiger partial charge in [0.2, 0.25) is 5.88 Å². The maximum absolute atomic E-state index is 12.6. The highest BCUT2D eigenvalue weighted by Crippen LogP contribution is 2.36. The number of halogens is 3. The van der Waals surface area contributed by atoms with E-state index < -0.39 is 38.3 Å². The second-order valence-corrected chi connectivity index (χ2v) is 8.49. The molecule has 0 spiro atoms. The first-order valence-electron chi connectivity index (χ1n) is 8.39. The molecule has 0 aliphatic carbocycles. The third-order valence-electron chi connectivity index (χ3n) is 4.40. The number of benzene rings is 1. The zero-order chi connectivity index (χ0) is 21.4. The number of para-hydroxylation sites is 1. The van der Waals surface area contributed by atoms with Crippen molar-refractivity contribution in [2.45, 2.75) is 23.6 Å². The summed E-state index contributed by atoms with van der Waals surface area (Å²) in [5, 5.41) is 11.5. The Morgan fingerprint density at radius 3 is 2.55 bits per heavy atom. The van der Waals surface area contributed by atoms with Gasteiger partial charge in [0.15, 0.2) is 9.84 Å².